The van der Waals surface area contributed by atoms with Gasteiger partial charge in [0.05, 0.1) is 6.10 Å². The molecule has 0 aliphatic rings. The highest BCUT2D eigenvalue weighted by atomic mass is 35.5. The maximum atomic E-state index is 11.7. The van der Waals surface area contributed by atoms with Gasteiger partial charge in [-0.1, -0.05) is 11.6 Å². The number of amides is 1. The first-order valence-corrected chi connectivity index (χ1v) is 6.13. The second-order valence-electron chi connectivity index (χ2n) is 4.04. The van der Waals surface area contributed by atoms with Gasteiger partial charge in [0, 0.05) is 23.7 Å². The maximum Gasteiger partial charge on any atom is 0.251 e. The lowest BCUT2D eigenvalue weighted by Gasteiger charge is -2.08. The summed E-state index contributed by atoms with van der Waals surface area (Å²) < 4.78 is 5.38. The Hall–Kier alpha value is -1.06. The Morgan fingerprint density at radius 2 is 2.00 bits per heavy atom. The van der Waals surface area contributed by atoms with E-state index in [1.54, 1.807) is 24.3 Å². The quantitative estimate of drug-likeness (QED) is 0.794. The van der Waals surface area contributed by atoms with Crippen LogP contribution in [0.2, 0.25) is 5.02 Å². The van der Waals surface area contributed by atoms with Gasteiger partial charge in [0.1, 0.15) is 0 Å². The van der Waals surface area contributed by atoms with Crippen molar-refractivity contribution in [1.82, 2.24) is 5.32 Å². The molecule has 0 heterocycles. The number of carbonyl (C=O) groups excluding carboxylic acids is 1. The summed E-state index contributed by atoms with van der Waals surface area (Å²) in [7, 11) is 0. The number of ether oxygens (including phenoxy) is 1. The summed E-state index contributed by atoms with van der Waals surface area (Å²) in [5, 5.41) is 3.46. The SMILES string of the molecule is CC(C)OCCCNC(=O)c1ccc(Cl)cc1. The first-order chi connectivity index (χ1) is 8.09. The molecule has 17 heavy (non-hydrogen) atoms. The van der Waals surface area contributed by atoms with Crippen LogP contribution in [-0.4, -0.2) is 25.2 Å². The van der Waals surface area contributed by atoms with Crippen LogP contribution in [0.15, 0.2) is 24.3 Å². The lowest BCUT2D eigenvalue weighted by molar-refractivity contribution is 0.0757. The molecule has 1 N–H and O–H groups in total. The molecule has 0 aromatic heterocycles. The fraction of sp³-hybridized carbons (Fsp3) is 0.462. The van der Waals surface area contributed by atoms with Crippen molar-refractivity contribution in [3.63, 3.8) is 0 Å². The van der Waals surface area contributed by atoms with E-state index in [9.17, 15) is 4.79 Å². The van der Waals surface area contributed by atoms with Crippen LogP contribution in [0.25, 0.3) is 0 Å². The van der Waals surface area contributed by atoms with Crippen LogP contribution in [0, 0.1) is 0 Å². The first-order valence-electron chi connectivity index (χ1n) is 5.75. The third-order valence-electron chi connectivity index (χ3n) is 2.16. The number of rotatable bonds is 6. The van der Waals surface area contributed by atoms with Crippen molar-refractivity contribution in [1.29, 1.82) is 0 Å². The van der Waals surface area contributed by atoms with Crippen molar-refractivity contribution in [3.8, 4) is 0 Å². The van der Waals surface area contributed by atoms with E-state index in [0.717, 1.165) is 6.42 Å². The summed E-state index contributed by atoms with van der Waals surface area (Å²) in [6.07, 6.45) is 1.05. The van der Waals surface area contributed by atoms with Crippen LogP contribution in [0.5, 0.6) is 0 Å². The summed E-state index contributed by atoms with van der Waals surface area (Å²) in [6, 6.07) is 6.83. The van der Waals surface area contributed by atoms with Gasteiger partial charge < -0.3 is 10.1 Å². The zero-order chi connectivity index (χ0) is 12.7. The van der Waals surface area contributed by atoms with Gasteiger partial charge in [0.25, 0.3) is 5.91 Å². The topological polar surface area (TPSA) is 38.3 Å². The monoisotopic (exact) mass is 255 g/mol. The van der Waals surface area contributed by atoms with E-state index in [1.807, 2.05) is 13.8 Å². The van der Waals surface area contributed by atoms with Crippen molar-refractivity contribution >= 4 is 17.5 Å². The van der Waals surface area contributed by atoms with Crippen molar-refractivity contribution in [2.75, 3.05) is 13.2 Å². The van der Waals surface area contributed by atoms with Crippen LogP contribution in [0.3, 0.4) is 0 Å². The molecule has 1 aromatic rings. The Morgan fingerprint density at radius 1 is 1.35 bits per heavy atom. The molecule has 1 rings (SSSR count). The average molecular weight is 256 g/mol. The lowest BCUT2D eigenvalue weighted by atomic mass is 10.2. The number of nitrogens with one attached hydrogen (secondary N) is 1. The molecule has 0 spiro atoms. The van der Waals surface area contributed by atoms with Crippen molar-refractivity contribution in [3.05, 3.63) is 34.9 Å². The predicted octanol–water partition coefficient (Wildman–Crippen LogP) is 2.88. The highest BCUT2D eigenvalue weighted by Crippen LogP contribution is 2.09. The molecule has 0 bridgehead atoms. The number of hydrogen-bond acceptors (Lipinski definition) is 2. The van der Waals surface area contributed by atoms with E-state index in [2.05, 4.69) is 5.32 Å². The van der Waals surface area contributed by atoms with Gasteiger partial charge in [-0.15, -0.1) is 0 Å². The van der Waals surface area contributed by atoms with Crippen LogP contribution in [-0.2, 0) is 4.74 Å². The normalized spacial score (nSPS) is 10.6. The number of carbonyl (C=O) groups is 1. The minimum absolute atomic E-state index is 0.0776. The van der Waals surface area contributed by atoms with Crippen LogP contribution in [0.4, 0.5) is 0 Å². The van der Waals surface area contributed by atoms with E-state index >= 15 is 0 Å². The van der Waals surface area contributed by atoms with Crippen molar-refractivity contribution in [2.24, 2.45) is 0 Å². The zero-order valence-electron chi connectivity index (χ0n) is 10.2. The van der Waals surface area contributed by atoms with Crippen molar-refractivity contribution in [2.45, 2.75) is 26.4 Å². The van der Waals surface area contributed by atoms with E-state index in [-0.39, 0.29) is 12.0 Å². The molecule has 0 aliphatic carbocycles. The number of halogens is 1. The van der Waals surface area contributed by atoms with E-state index in [4.69, 9.17) is 16.3 Å². The Balaban J connectivity index is 2.23. The first kappa shape index (κ1) is 14.0. The van der Waals surface area contributed by atoms with Gasteiger partial charge in [-0.05, 0) is 44.5 Å². The smallest absolute Gasteiger partial charge is 0.251 e. The summed E-state index contributed by atoms with van der Waals surface area (Å²) >= 11 is 5.74. The summed E-state index contributed by atoms with van der Waals surface area (Å²) in [5.41, 5.74) is 0.624. The maximum absolute atomic E-state index is 11.7. The van der Waals surface area contributed by atoms with E-state index in [1.165, 1.54) is 0 Å². The molecular formula is C13H18ClNO2. The molecule has 0 atom stereocenters. The van der Waals surface area contributed by atoms with E-state index < -0.39 is 0 Å². The Morgan fingerprint density at radius 3 is 2.59 bits per heavy atom. The highest BCUT2D eigenvalue weighted by Gasteiger charge is 2.03. The van der Waals surface area contributed by atoms with Gasteiger partial charge in [0.15, 0.2) is 0 Å². The molecular weight excluding hydrogens is 238 g/mol. The third-order valence-corrected chi connectivity index (χ3v) is 2.42. The van der Waals surface area contributed by atoms with Gasteiger partial charge in [-0.3, -0.25) is 4.79 Å². The molecule has 1 aromatic carbocycles. The fourth-order valence-electron chi connectivity index (χ4n) is 1.30. The average Bonchev–Trinajstić information content (AvgIpc) is 2.29. The van der Waals surface area contributed by atoms with Crippen LogP contribution in [0.1, 0.15) is 30.6 Å². The van der Waals surface area contributed by atoms with Gasteiger partial charge in [0.2, 0.25) is 0 Å². The minimum Gasteiger partial charge on any atom is -0.379 e. The van der Waals surface area contributed by atoms with Crippen LogP contribution < -0.4 is 5.32 Å². The molecule has 4 heteroatoms. The summed E-state index contributed by atoms with van der Waals surface area (Å²) in [6.45, 7) is 5.27. The highest BCUT2D eigenvalue weighted by molar-refractivity contribution is 6.30. The molecule has 0 aliphatic heterocycles. The number of benzene rings is 1. The zero-order valence-corrected chi connectivity index (χ0v) is 11.0. The number of hydrogen-bond donors (Lipinski definition) is 1. The molecule has 3 nitrogen and oxygen atoms in total. The molecule has 0 fully saturated rings. The predicted molar refractivity (Wildman–Crippen MR) is 69.5 cm³/mol. The Labute approximate surface area is 107 Å². The molecule has 0 unspecified atom stereocenters. The largest absolute Gasteiger partial charge is 0.379 e. The van der Waals surface area contributed by atoms with Gasteiger partial charge >= 0.3 is 0 Å². The van der Waals surface area contributed by atoms with Gasteiger partial charge in [-0.2, -0.15) is 0 Å². The Kier molecular flexibility index (Phi) is 6.01. The van der Waals surface area contributed by atoms with E-state index in [0.29, 0.717) is 23.7 Å². The molecule has 0 radical (unpaired) electrons. The van der Waals surface area contributed by atoms with Crippen molar-refractivity contribution < 1.29 is 9.53 Å². The Bertz CT molecular complexity index is 349. The molecule has 0 saturated heterocycles. The second kappa shape index (κ2) is 7.30. The summed E-state index contributed by atoms with van der Waals surface area (Å²) in [4.78, 5) is 11.7. The lowest BCUT2D eigenvalue weighted by Crippen LogP contribution is -2.25. The minimum atomic E-state index is -0.0776. The molecule has 94 valence electrons. The second-order valence-corrected chi connectivity index (χ2v) is 4.47. The standard InChI is InChI=1S/C13H18ClNO2/c1-10(2)17-9-3-8-15-13(16)11-4-6-12(14)7-5-11/h4-7,10H,3,8-9H2,1-2H3,(H,15,16). The van der Waals surface area contributed by atoms with Crippen LogP contribution >= 0.6 is 11.6 Å². The third kappa shape index (κ3) is 5.71. The fourth-order valence-corrected chi connectivity index (χ4v) is 1.42. The molecule has 0 saturated carbocycles. The molecule has 1 amide bonds. The summed E-state index contributed by atoms with van der Waals surface area (Å²) in [5.74, 6) is -0.0776. The van der Waals surface area contributed by atoms with Gasteiger partial charge in [-0.25, -0.2) is 0 Å².